The van der Waals surface area contributed by atoms with E-state index in [0.717, 1.165) is 10.5 Å². The number of benzene rings is 2. The van der Waals surface area contributed by atoms with Gasteiger partial charge in [0.2, 0.25) is 5.88 Å². The summed E-state index contributed by atoms with van der Waals surface area (Å²) < 4.78 is 49.8. The van der Waals surface area contributed by atoms with Gasteiger partial charge < -0.3 is 24.4 Å². The van der Waals surface area contributed by atoms with Gasteiger partial charge in [-0.05, 0) is 48.1 Å². The summed E-state index contributed by atoms with van der Waals surface area (Å²) in [5.41, 5.74) is 2.24. The van der Waals surface area contributed by atoms with Crippen LogP contribution in [0.5, 0.6) is 23.1 Å². The number of fused-ring (bicyclic) bond motifs is 2. The average molecular weight is 607 g/mol. The molecule has 0 spiro atoms. The number of hydrogen-bond donors (Lipinski definition) is 1. The second-order valence-corrected chi connectivity index (χ2v) is 10.9. The van der Waals surface area contributed by atoms with Crippen LogP contribution in [0.15, 0.2) is 55.4 Å². The van der Waals surface area contributed by atoms with Crippen molar-refractivity contribution < 1.29 is 23.0 Å². The summed E-state index contributed by atoms with van der Waals surface area (Å²) in [5, 5.41) is 3.31. The van der Waals surface area contributed by atoms with Gasteiger partial charge in [-0.2, -0.15) is 5.10 Å². The second-order valence-electron chi connectivity index (χ2n) is 10.9. The van der Waals surface area contributed by atoms with Gasteiger partial charge in [0.1, 0.15) is 54.1 Å². The zero-order valence-corrected chi connectivity index (χ0v) is 24.5. The summed E-state index contributed by atoms with van der Waals surface area (Å²) in [5.74, 6) is -2.64. The van der Waals surface area contributed by atoms with Gasteiger partial charge in [-0.15, -0.1) is 0 Å². The number of rotatable bonds is 9. The van der Waals surface area contributed by atoms with E-state index in [-0.39, 0.29) is 35.7 Å². The fourth-order valence-corrected chi connectivity index (χ4v) is 4.98. The summed E-state index contributed by atoms with van der Waals surface area (Å²) in [6, 6.07) is 9.89. The maximum atomic E-state index is 15.4. The van der Waals surface area contributed by atoms with E-state index in [0.29, 0.717) is 28.5 Å². The Morgan fingerprint density at radius 1 is 0.957 bits per heavy atom. The number of nitrogens with one attached hydrogen (secondary N) is 1. The molecule has 1 atom stereocenters. The first-order valence-electron chi connectivity index (χ1n) is 13.9. The quantitative estimate of drug-likeness (QED) is 0.248. The predicted molar refractivity (Wildman–Crippen MR) is 171 cm³/mol. The lowest BCUT2D eigenvalue weighted by molar-refractivity contribution is -0.140. The van der Waals surface area contributed by atoms with Crippen molar-refractivity contribution in [3.8, 4) is 23.1 Å². The molecule has 0 unspecified atom stereocenters. The molecule has 218 valence electrons. The van der Waals surface area contributed by atoms with Crippen LogP contribution in [0.3, 0.4) is 0 Å². The highest BCUT2D eigenvalue weighted by Crippen LogP contribution is 2.43. The maximum Gasteiger partial charge on any atom is 0.296 e. The molecule has 5 aromatic rings. The summed E-state index contributed by atoms with van der Waals surface area (Å²) in [7, 11) is 34.1. The first-order valence-corrected chi connectivity index (χ1v) is 13.9. The Kier molecular flexibility index (Phi) is 8.16. The van der Waals surface area contributed by atoms with Crippen molar-refractivity contribution in [2.24, 2.45) is 0 Å². The summed E-state index contributed by atoms with van der Waals surface area (Å²) in [4.78, 5) is 18.1. The van der Waals surface area contributed by atoms with E-state index >= 15 is 8.78 Å². The van der Waals surface area contributed by atoms with Crippen molar-refractivity contribution in [3.05, 3.63) is 60.9 Å². The topological polar surface area (TPSA) is 112 Å². The Labute approximate surface area is 270 Å². The van der Waals surface area contributed by atoms with E-state index in [9.17, 15) is 0 Å². The molecule has 0 amide bonds. The molecular formula is C27H20B6F2N8O3. The molecule has 12 radical (unpaired) electrons. The van der Waals surface area contributed by atoms with Gasteiger partial charge in [-0.1, -0.05) is 5.24 Å². The third kappa shape index (κ3) is 6.79. The van der Waals surface area contributed by atoms with Crippen molar-refractivity contribution in [1.29, 1.82) is 0 Å². The summed E-state index contributed by atoms with van der Waals surface area (Å²) >= 11 is 0. The molecule has 1 aliphatic heterocycles. The van der Waals surface area contributed by atoms with Gasteiger partial charge in [0.05, 0.1) is 41.0 Å². The van der Waals surface area contributed by atoms with Gasteiger partial charge in [0, 0.05) is 24.7 Å². The molecule has 46 heavy (non-hydrogen) atoms. The van der Waals surface area contributed by atoms with Gasteiger partial charge in [-0.25, -0.2) is 33.2 Å². The van der Waals surface area contributed by atoms with Gasteiger partial charge in [0.15, 0.2) is 23.3 Å². The lowest BCUT2D eigenvalue weighted by Crippen LogP contribution is -2.62. The van der Waals surface area contributed by atoms with Crippen LogP contribution in [0.1, 0.15) is 12.0 Å². The number of ether oxygens (including phenoxy) is 3. The average Bonchev–Trinajstić information content (AvgIpc) is 3.43. The summed E-state index contributed by atoms with van der Waals surface area (Å²) in [6.45, 7) is 1.01. The fraction of sp³-hybridized carbons (Fsp3) is 0.296. The molecule has 11 nitrogen and oxygen atoms in total. The SMILES string of the molecule is [B]C([B])([B])Oc1ccc2ncnc(Nc3ccc(Oc4cc5ncnn5cn4)c(C)c3)c2c1O[C@@H]1CCN(C([B])([B])[B])CC1(F)F. The smallest absolute Gasteiger partial charge is 0.296 e. The largest absolute Gasteiger partial charge is 0.512 e. The lowest BCUT2D eigenvalue weighted by Gasteiger charge is -2.45. The Morgan fingerprint density at radius 2 is 1.74 bits per heavy atom. The molecule has 1 saturated heterocycles. The molecule has 0 saturated carbocycles. The number of aryl methyl sites for hydroxylation is 1. The molecule has 19 heteroatoms. The van der Waals surface area contributed by atoms with Gasteiger partial charge in [-0.3, -0.25) is 0 Å². The monoisotopic (exact) mass is 608 g/mol. The van der Waals surface area contributed by atoms with Crippen molar-refractivity contribution in [2.45, 2.75) is 35.9 Å². The lowest BCUT2D eigenvalue weighted by atomic mass is 9.48. The molecule has 4 heterocycles. The molecule has 1 fully saturated rings. The summed E-state index contributed by atoms with van der Waals surface area (Å²) in [6.07, 6.45) is 2.37. The number of likely N-dealkylation sites (tertiary alicyclic amines) is 1. The van der Waals surface area contributed by atoms with Crippen LogP contribution in [0.2, 0.25) is 0 Å². The van der Waals surface area contributed by atoms with Gasteiger partial charge in [0.25, 0.3) is 5.92 Å². The second kappa shape index (κ2) is 11.8. The molecule has 1 aliphatic rings. The van der Waals surface area contributed by atoms with Crippen LogP contribution in [-0.2, 0) is 0 Å². The van der Waals surface area contributed by atoms with E-state index in [2.05, 4.69) is 30.4 Å². The number of halogens is 2. The minimum atomic E-state index is -3.43. The van der Waals surface area contributed by atoms with Crippen molar-refractivity contribution in [2.75, 3.05) is 18.4 Å². The van der Waals surface area contributed by atoms with Gasteiger partial charge >= 0.3 is 0 Å². The zero-order valence-electron chi connectivity index (χ0n) is 24.5. The highest BCUT2D eigenvalue weighted by Gasteiger charge is 2.48. The van der Waals surface area contributed by atoms with Crippen molar-refractivity contribution >= 4 is 75.1 Å². The van der Waals surface area contributed by atoms with E-state index in [1.807, 2.05) is 6.92 Å². The van der Waals surface area contributed by atoms with Crippen LogP contribution < -0.4 is 19.5 Å². The molecular weight excluding hydrogens is 587 g/mol. The van der Waals surface area contributed by atoms with Crippen LogP contribution in [0.4, 0.5) is 20.3 Å². The number of aromatic nitrogens is 6. The Morgan fingerprint density at radius 3 is 2.46 bits per heavy atom. The number of nitrogens with zero attached hydrogens (tertiary/aromatic N) is 7. The fourth-order valence-electron chi connectivity index (χ4n) is 4.98. The van der Waals surface area contributed by atoms with E-state index < -0.39 is 29.1 Å². The third-order valence-electron chi connectivity index (χ3n) is 7.15. The number of hydrogen-bond acceptors (Lipinski definition) is 10. The molecule has 0 aliphatic carbocycles. The van der Waals surface area contributed by atoms with Crippen LogP contribution in [0.25, 0.3) is 16.6 Å². The highest BCUT2D eigenvalue weighted by molar-refractivity contribution is 6.59. The Bertz CT molecular complexity index is 1910. The Balaban J connectivity index is 1.33. The molecule has 2 aromatic carbocycles. The maximum absolute atomic E-state index is 15.4. The Hall–Kier alpha value is -4.26. The molecule has 1 N–H and O–H groups in total. The van der Waals surface area contributed by atoms with Crippen LogP contribution >= 0.6 is 0 Å². The normalized spacial score (nSPS) is 17.2. The zero-order chi connectivity index (χ0) is 32.9. The van der Waals surface area contributed by atoms with E-state index in [1.54, 1.807) is 30.3 Å². The van der Waals surface area contributed by atoms with Crippen LogP contribution in [-0.4, -0.2) is 117 Å². The van der Waals surface area contributed by atoms with Crippen molar-refractivity contribution in [1.82, 2.24) is 34.4 Å². The standard InChI is InChI=1S/C27H20B6F2N8O3/c1-14-8-15(2-4-17(14)44-21-9-20-37-12-40-43(20)13-39-21)41-24-22-16(36-11-38-24)3-5-18(46-27(31,32)33)23(22)45-19-6-7-42(26(28,29)30)10-25(19,34)35/h2-5,8-9,11-13,19H,6-7,10H2,1H3,(H,36,38,41)/t19-/m1/s1. The molecule has 3 aromatic heterocycles. The highest BCUT2D eigenvalue weighted by atomic mass is 19.3. The van der Waals surface area contributed by atoms with E-state index in [1.165, 1.54) is 29.6 Å². The number of alkyl halides is 2. The van der Waals surface area contributed by atoms with Crippen LogP contribution in [0, 0.1) is 6.92 Å². The minimum Gasteiger partial charge on any atom is -0.512 e. The first kappa shape index (κ1) is 31.7. The van der Waals surface area contributed by atoms with Crippen molar-refractivity contribution in [3.63, 3.8) is 0 Å². The van der Waals surface area contributed by atoms with E-state index in [4.69, 9.17) is 61.3 Å². The number of anilines is 2. The molecule has 0 bridgehead atoms. The molecule has 6 rings (SSSR count). The third-order valence-corrected chi connectivity index (χ3v) is 7.15. The first-order chi connectivity index (χ1) is 21.7. The number of piperidine rings is 1. The minimum absolute atomic E-state index is 0.0248. The predicted octanol–water partition coefficient (Wildman–Crippen LogP) is 1.61.